The predicted octanol–water partition coefficient (Wildman–Crippen LogP) is 3.81. The number of carbonyl (C=O) groups is 2. The van der Waals surface area contributed by atoms with Gasteiger partial charge >= 0.3 is 12.1 Å². The Bertz CT molecular complexity index is 1020. The van der Waals surface area contributed by atoms with Gasteiger partial charge in [-0.2, -0.15) is 0 Å². The van der Waals surface area contributed by atoms with Crippen LogP contribution in [0.15, 0.2) is 60.7 Å². The molecule has 0 spiro atoms. The van der Waals surface area contributed by atoms with Crippen LogP contribution in [0.4, 0.5) is 4.79 Å². The van der Waals surface area contributed by atoms with Gasteiger partial charge in [0.15, 0.2) is 24.1 Å². The molecule has 36 heavy (non-hydrogen) atoms. The summed E-state index contributed by atoms with van der Waals surface area (Å²) in [4.78, 5) is 24.8. The largest absolute Gasteiger partial charge is 0.514 e. The minimum absolute atomic E-state index is 0.00840. The number of hydrogen-bond donors (Lipinski definition) is 3. The van der Waals surface area contributed by atoms with Crippen molar-refractivity contribution in [1.29, 1.82) is 0 Å². The molecule has 0 radical (unpaired) electrons. The van der Waals surface area contributed by atoms with Gasteiger partial charge in [-0.05, 0) is 24.6 Å². The topological polar surface area (TPSA) is 132 Å². The number of carbonyl (C=O) groups excluding carboxylic acids is 1. The molecule has 10 heteroatoms. The highest BCUT2D eigenvalue weighted by Gasteiger charge is 2.64. The molecule has 0 aromatic heterocycles. The number of carboxylic acids is 1. The lowest BCUT2D eigenvalue weighted by atomic mass is 9.81. The summed E-state index contributed by atoms with van der Waals surface area (Å²) in [6, 6.07) is 17.8. The molecule has 3 N–H and O–H groups in total. The molecule has 0 saturated carbocycles. The third kappa shape index (κ3) is 6.92. The molecular formula is C26H34O9Si. The summed E-state index contributed by atoms with van der Waals surface area (Å²) in [5, 5.41) is 32.8. The van der Waals surface area contributed by atoms with Gasteiger partial charge in [0.25, 0.3) is 0 Å². The summed E-state index contributed by atoms with van der Waals surface area (Å²) < 4.78 is 22.4. The molecule has 1 fully saturated rings. The normalized spacial score (nSPS) is 28.3. The smallest absolute Gasteiger partial charge is 0.479 e. The van der Waals surface area contributed by atoms with Gasteiger partial charge in [0.2, 0.25) is 0 Å². The Morgan fingerprint density at radius 3 is 2.11 bits per heavy atom. The maximum Gasteiger partial charge on any atom is 0.514 e. The van der Waals surface area contributed by atoms with Crippen LogP contribution in [0.5, 0.6) is 5.75 Å². The van der Waals surface area contributed by atoms with E-state index in [1.54, 1.807) is 18.2 Å². The molecule has 0 bridgehead atoms. The van der Waals surface area contributed by atoms with E-state index < -0.39 is 49.9 Å². The zero-order chi connectivity index (χ0) is 26.6. The second-order valence-corrected chi connectivity index (χ2v) is 16.0. The van der Waals surface area contributed by atoms with Crippen LogP contribution >= 0.6 is 0 Å². The minimum atomic E-state index is -2.26. The molecule has 3 rings (SSSR count). The van der Waals surface area contributed by atoms with Gasteiger partial charge in [-0.3, -0.25) is 0 Å². The number of hydrogen-bond acceptors (Lipinski definition) is 8. The van der Waals surface area contributed by atoms with E-state index in [1.807, 2.05) is 30.3 Å². The van der Waals surface area contributed by atoms with Crippen molar-refractivity contribution in [3.8, 4) is 5.75 Å². The molecule has 196 valence electrons. The van der Waals surface area contributed by atoms with Crippen LogP contribution in [0.1, 0.15) is 18.9 Å². The summed E-state index contributed by atoms with van der Waals surface area (Å²) in [6.07, 6.45) is -6.09. The average Bonchev–Trinajstić information content (AvgIpc) is 2.80. The van der Waals surface area contributed by atoms with E-state index in [9.17, 15) is 24.9 Å². The number of rotatable bonds is 9. The van der Waals surface area contributed by atoms with Crippen molar-refractivity contribution in [3.63, 3.8) is 0 Å². The van der Waals surface area contributed by atoms with Gasteiger partial charge in [-0.25, -0.2) is 9.59 Å². The molecule has 5 atom stereocenters. The van der Waals surface area contributed by atoms with Crippen molar-refractivity contribution in [2.24, 2.45) is 0 Å². The summed E-state index contributed by atoms with van der Waals surface area (Å²) in [5.74, 6) is -3.48. The van der Waals surface area contributed by atoms with Gasteiger partial charge in [0, 0.05) is 14.5 Å². The van der Waals surface area contributed by atoms with Crippen LogP contribution in [-0.4, -0.2) is 65.2 Å². The lowest BCUT2D eigenvalue weighted by Crippen LogP contribution is -2.72. The number of ether oxygens (including phenoxy) is 4. The molecule has 2 aromatic rings. The Labute approximate surface area is 211 Å². The first-order valence-corrected chi connectivity index (χ1v) is 15.5. The van der Waals surface area contributed by atoms with Crippen LogP contribution < -0.4 is 4.74 Å². The third-order valence-electron chi connectivity index (χ3n) is 6.05. The first kappa shape index (κ1) is 27.8. The molecule has 1 saturated heterocycles. The van der Waals surface area contributed by atoms with Crippen LogP contribution in [-0.2, 0) is 25.6 Å². The maximum absolute atomic E-state index is 12.7. The highest BCUT2D eigenvalue weighted by Crippen LogP contribution is 2.42. The minimum Gasteiger partial charge on any atom is -0.479 e. The Hall–Kier alpha value is -2.76. The zero-order valence-electron chi connectivity index (χ0n) is 20.9. The Kier molecular flexibility index (Phi) is 8.58. The van der Waals surface area contributed by atoms with E-state index in [0.29, 0.717) is 6.04 Å². The highest BCUT2D eigenvalue weighted by atomic mass is 28.3. The summed E-state index contributed by atoms with van der Waals surface area (Å²) in [7, 11) is -1.73. The SMILES string of the molecule is C[C@@]1(O)[C@@H](C(=O)O)O[C@](O)(CC[Si](C)(C)C)[C@H](OCc2ccccc2)[C@H]1OC(=O)Oc1ccccc1. The van der Waals surface area contributed by atoms with Crippen molar-refractivity contribution in [2.75, 3.05) is 0 Å². The monoisotopic (exact) mass is 518 g/mol. The number of aliphatic hydroxyl groups is 2. The van der Waals surface area contributed by atoms with Gasteiger partial charge in [-0.15, -0.1) is 0 Å². The number of para-hydroxylation sites is 1. The molecule has 1 aliphatic heterocycles. The second-order valence-electron chi connectivity index (χ2n) is 10.4. The standard InChI is InChI=1S/C26H34O9Si/c1-25(30)20(34-24(29)33-19-13-9-6-10-14-19)21(32-17-18-11-7-5-8-12-18)26(31,15-16-36(2,3)4)35-22(25)23(27)28/h5-14,20-22,30-31H,15-17H2,1-4H3,(H,27,28)/t20-,21-,22-,25+,26-/m1/s1. The quantitative estimate of drug-likeness (QED) is 0.258. The summed E-state index contributed by atoms with van der Waals surface area (Å²) in [5.41, 5.74) is -1.50. The molecule has 1 heterocycles. The lowest BCUT2D eigenvalue weighted by molar-refractivity contribution is -0.370. The van der Waals surface area contributed by atoms with E-state index in [4.69, 9.17) is 18.9 Å². The van der Waals surface area contributed by atoms with Crippen molar-refractivity contribution < 1.29 is 43.9 Å². The third-order valence-corrected chi connectivity index (χ3v) is 7.80. The maximum atomic E-state index is 12.7. The van der Waals surface area contributed by atoms with E-state index in [-0.39, 0.29) is 18.8 Å². The molecule has 2 aromatic carbocycles. The zero-order valence-corrected chi connectivity index (χ0v) is 21.9. The average molecular weight is 519 g/mol. The van der Waals surface area contributed by atoms with Crippen molar-refractivity contribution in [2.45, 2.75) is 75.3 Å². The van der Waals surface area contributed by atoms with Crippen LogP contribution in [0.2, 0.25) is 25.7 Å². The fraction of sp³-hybridized carbons (Fsp3) is 0.462. The van der Waals surface area contributed by atoms with Gasteiger partial charge in [0.1, 0.15) is 11.4 Å². The van der Waals surface area contributed by atoms with Gasteiger partial charge < -0.3 is 34.3 Å². The van der Waals surface area contributed by atoms with Crippen molar-refractivity contribution in [3.05, 3.63) is 66.2 Å². The van der Waals surface area contributed by atoms with Crippen molar-refractivity contribution >= 4 is 20.2 Å². The fourth-order valence-corrected chi connectivity index (χ4v) is 5.12. The number of aliphatic carboxylic acids is 1. The van der Waals surface area contributed by atoms with E-state index in [1.165, 1.54) is 19.1 Å². The van der Waals surface area contributed by atoms with Crippen molar-refractivity contribution in [1.82, 2.24) is 0 Å². The summed E-state index contributed by atoms with van der Waals surface area (Å²) in [6.45, 7) is 7.44. The van der Waals surface area contributed by atoms with Crippen LogP contribution in [0.3, 0.4) is 0 Å². The Balaban J connectivity index is 1.96. The predicted molar refractivity (Wildman–Crippen MR) is 133 cm³/mol. The first-order valence-electron chi connectivity index (χ1n) is 11.8. The van der Waals surface area contributed by atoms with Gasteiger partial charge in [0.05, 0.1) is 6.61 Å². The fourth-order valence-electron chi connectivity index (χ4n) is 4.01. The lowest BCUT2D eigenvalue weighted by Gasteiger charge is -2.52. The van der Waals surface area contributed by atoms with Crippen LogP contribution in [0.25, 0.3) is 0 Å². The molecule has 1 aliphatic rings. The van der Waals surface area contributed by atoms with Gasteiger partial charge in [-0.1, -0.05) is 74.2 Å². The Morgan fingerprint density at radius 2 is 1.56 bits per heavy atom. The van der Waals surface area contributed by atoms with E-state index in [2.05, 4.69) is 19.6 Å². The van der Waals surface area contributed by atoms with E-state index >= 15 is 0 Å². The molecule has 0 amide bonds. The Morgan fingerprint density at radius 1 is 0.972 bits per heavy atom. The summed E-state index contributed by atoms with van der Waals surface area (Å²) >= 11 is 0. The molecule has 0 aliphatic carbocycles. The number of carboxylic acid groups (broad SMARTS) is 1. The first-order chi connectivity index (χ1) is 16.8. The molecule has 0 unspecified atom stereocenters. The second kappa shape index (κ2) is 11.1. The van der Waals surface area contributed by atoms with E-state index in [0.717, 1.165) is 5.56 Å². The van der Waals surface area contributed by atoms with Crippen LogP contribution in [0, 0.1) is 0 Å². The number of benzene rings is 2. The molecular weight excluding hydrogens is 484 g/mol. The highest BCUT2D eigenvalue weighted by molar-refractivity contribution is 6.76. The molecule has 9 nitrogen and oxygen atoms in total.